The Morgan fingerprint density at radius 2 is 2.10 bits per heavy atom. The van der Waals surface area contributed by atoms with E-state index in [-0.39, 0.29) is 17.3 Å². The highest BCUT2D eigenvalue weighted by atomic mass is 16.1. The molecular weight excluding hydrogens is 262 g/mol. The molecule has 0 bridgehead atoms. The lowest BCUT2D eigenvalue weighted by Gasteiger charge is -2.01. The summed E-state index contributed by atoms with van der Waals surface area (Å²) in [4.78, 5) is 11.9. The van der Waals surface area contributed by atoms with Crippen LogP contribution in [0.4, 0.5) is 0 Å². The van der Waals surface area contributed by atoms with Crippen LogP contribution in [0.1, 0.15) is 25.0 Å². The van der Waals surface area contributed by atoms with Gasteiger partial charge in [0.1, 0.15) is 6.07 Å². The Labute approximate surface area is 124 Å². The summed E-state index contributed by atoms with van der Waals surface area (Å²) >= 11 is 0. The minimum absolute atomic E-state index is 0.145. The molecule has 0 aliphatic rings. The number of nitrogens with zero attached hydrogens (tertiary/aromatic N) is 3. The number of allylic oxidation sites excluding steroid dienone is 1. The molecule has 0 aliphatic carbocycles. The van der Waals surface area contributed by atoms with Gasteiger partial charge in [-0.3, -0.25) is 9.48 Å². The van der Waals surface area contributed by atoms with Crippen LogP contribution in [-0.2, 0) is 11.3 Å². The first-order valence-electron chi connectivity index (χ1n) is 6.82. The maximum atomic E-state index is 11.9. The van der Waals surface area contributed by atoms with Gasteiger partial charge >= 0.3 is 0 Å². The Kier molecular flexibility index (Phi) is 4.68. The number of rotatable bonds is 5. The first-order valence-corrected chi connectivity index (χ1v) is 6.82. The molecule has 4 heteroatoms. The number of aromatic nitrogens is 2. The highest BCUT2D eigenvalue weighted by molar-refractivity contribution is 6.04. The normalized spacial score (nSPS) is 11.4. The van der Waals surface area contributed by atoms with E-state index in [0.717, 1.165) is 11.1 Å². The van der Waals surface area contributed by atoms with Gasteiger partial charge in [-0.05, 0) is 11.6 Å². The molecular formula is C17H17N3O. The molecule has 1 aromatic carbocycles. The predicted octanol–water partition coefficient (Wildman–Crippen LogP) is 3.06. The molecule has 0 atom stereocenters. The fraction of sp³-hybridized carbons (Fsp3) is 0.235. The maximum absolute atomic E-state index is 11.9. The number of nitriles is 1. The zero-order chi connectivity index (χ0) is 15.2. The molecule has 0 saturated carbocycles. The molecule has 2 rings (SSSR count). The minimum atomic E-state index is -0.185. The highest BCUT2D eigenvalue weighted by Crippen LogP contribution is 2.11. The monoisotopic (exact) mass is 279 g/mol. The van der Waals surface area contributed by atoms with Crippen LogP contribution < -0.4 is 0 Å². The molecule has 0 spiro atoms. The van der Waals surface area contributed by atoms with E-state index in [0.29, 0.717) is 6.54 Å². The van der Waals surface area contributed by atoms with E-state index in [4.69, 9.17) is 5.26 Å². The van der Waals surface area contributed by atoms with Gasteiger partial charge in [0.05, 0.1) is 18.3 Å². The van der Waals surface area contributed by atoms with E-state index in [1.165, 1.54) is 0 Å². The topological polar surface area (TPSA) is 58.7 Å². The number of hydrogen-bond donors (Lipinski definition) is 0. The van der Waals surface area contributed by atoms with E-state index in [2.05, 4.69) is 5.10 Å². The Balaban J connectivity index is 2.16. The lowest BCUT2D eigenvalue weighted by atomic mass is 10.0. The van der Waals surface area contributed by atoms with E-state index >= 15 is 0 Å². The molecule has 0 N–H and O–H groups in total. The van der Waals surface area contributed by atoms with Crippen molar-refractivity contribution in [3.63, 3.8) is 0 Å². The van der Waals surface area contributed by atoms with Crippen LogP contribution >= 0.6 is 0 Å². The zero-order valence-corrected chi connectivity index (χ0v) is 12.2. The van der Waals surface area contributed by atoms with Crippen LogP contribution in [0.2, 0.25) is 0 Å². The Morgan fingerprint density at radius 1 is 1.38 bits per heavy atom. The first kappa shape index (κ1) is 14.7. The number of benzene rings is 1. The van der Waals surface area contributed by atoms with Crippen molar-refractivity contribution < 1.29 is 4.79 Å². The fourth-order valence-electron chi connectivity index (χ4n) is 1.95. The molecule has 2 aromatic rings. The second-order valence-electron chi connectivity index (χ2n) is 5.15. The van der Waals surface area contributed by atoms with Crippen molar-refractivity contribution in [1.82, 2.24) is 9.78 Å². The maximum Gasteiger partial charge on any atom is 0.175 e. The lowest BCUT2D eigenvalue weighted by molar-refractivity contribution is -0.117. The largest absolute Gasteiger partial charge is 0.293 e. The summed E-state index contributed by atoms with van der Waals surface area (Å²) in [7, 11) is 0. The summed E-state index contributed by atoms with van der Waals surface area (Å²) < 4.78 is 1.79. The smallest absolute Gasteiger partial charge is 0.175 e. The highest BCUT2D eigenvalue weighted by Gasteiger charge is 2.13. The van der Waals surface area contributed by atoms with Crippen LogP contribution in [-0.4, -0.2) is 15.6 Å². The second-order valence-corrected chi connectivity index (χ2v) is 5.15. The third-order valence-electron chi connectivity index (χ3n) is 3.06. The van der Waals surface area contributed by atoms with Crippen molar-refractivity contribution >= 4 is 11.9 Å². The average molecular weight is 279 g/mol. The van der Waals surface area contributed by atoms with Gasteiger partial charge in [0, 0.05) is 17.7 Å². The summed E-state index contributed by atoms with van der Waals surface area (Å²) in [5.41, 5.74) is 2.08. The molecule has 0 unspecified atom stereocenters. The van der Waals surface area contributed by atoms with Crippen molar-refractivity contribution in [3.8, 4) is 6.07 Å². The van der Waals surface area contributed by atoms with Crippen LogP contribution in [0.3, 0.4) is 0 Å². The molecule has 0 fully saturated rings. The van der Waals surface area contributed by atoms with Gasteiger partial charge in [0.2, 0.25) is 0 Å². The van der Waals surface area contributed by atoms with Gasteiger partial charge in [0.15, 0.2) is 5.78 Å². The van der Waals surface area contributed by atoms with Crippen molar-refractivity contribution in [2.75, 3.05) is 0 Å². The summed E-state index contributed by atoms with van der Waals surface area (Å²) in [6.07, 6.45) is 5.09. The van der Waals surface area contributed by atoms with Crippen molar-refractivity contribution in [1.29, 1.82) is 5.26 Å². The number of ketones is 1. The average Bonchev–Trinajstić information content (AvgIpc) is 2.92. The second kappa shape index (κ2) is 6.67. The third kappa shape index (κ3) is 3.90. The van der Waals surface area contributed by atoms with Crippen LogP contribution in [0.25, 0.3) is 6.08 Å². The van der Waals surface area contributed by atoms with E-state index in [1.54, 1.807) is 30.8 Å². The Hall–Kier alpha value is -2.67. The van der Waals surface area contributed by atoms with Crippen molar-refractivity contribution in [3.05, 3.63) is 59.4 Å². The molecule has 4 nitrogen and oxygen atoms in total. The van der Waals surface area contributed by atoms with Gasteiger partial charge in [-0.2, -0.15) is 10.4 Å². The molecule has 0 saturated heterocycles. The fourth-order valence-corrected chi connectivity index (χ4v) is 1.95. The molecule has 106 valence electrons. The molecule has 0 radical (unpaired) electrons. The van der Waals surface area contributed by atoms with Gasteiger partial charge in [-0.1, -0.05) is 44.2 Å². The zero-order valence-electron chi connectivity index (χ0n) is 12.2. The van der Waals surface area contributed by atoms with Gasteiger partial charge in [0.25, 0.3) is 0 Å². The molecule has 0 amide bonds. The van der Waals surface area contributed by atoms with Crippen molar-refractivity contribution in [2.45, 2.75) is 20.4 Å². The SMILES string of the molecule is CC(C)C(=O)/C(C#N)=C/c1cnn(Cc2ccccc2)c1. The molecule has 0 aliphatic heterocycles. The molecule has 21 heavy (non-hydrogen) atoms. The van der Waals surface area contributed by atoms with E-state index in [9.17, 15) is 4.79 Å². The van der Waals surface area contributed by atoms with Gasteiger partial charge in [-0.15, -0.1) is 0 Å². The van der Waals surface area contributed by atoms with Crippen LogP contribution in [0.15, 0.2) is 48.3 Å². The quantitative estimate of drug-likeness (QED) is 0.624. The number of carbonyl (C=O) groups excluding carboxylic acids is 1. The molecule has 1 heterocycles. The standard InChI is InChI=1S/C17H17N3O/c1-13(2)17(21)16(9-18)8-15-10-19-20(12-15)11-14-6-4-3-5-7-14/h3-8,10,12-13H,11H2,1-2H3/b16-8+. The Bertz CT molecular complexity index is 690. The van der Waals surface area contributed by atoms with Crippen LogP contribution in [0, 0.1) is 17.2 Å². The van der Waals surface area contributed by atoms with Gasteiger partial charge in [-0.25, -0.2) is 0 Å². The molecule has 1 aromatic heterocycles. The summed E-state index contributed by atoms with van der Waals surface area (Å²) in [5, 5.41) is 13.3. The Morgan fingerprint density at radius 3 is 2.71 bits per heavy atom. The first-order chi connectivity index (χ1) is 10.1. The predicted molar refractivity (Wildman–Crippen MR) is 81.2 cm³/mol. The van der Waals surface area contributed by atoms with E-state index in [1.807, 2.05) is 42.6 Å². The number of hydrogen-bond acceptors (Lipinski definition) is 3. The van der Waals surface area contributed by atoms with E-state index < -0.39 is 0 Å². The minimum Gasteiger partial charge on any atom is -0.293 e. The van der Waals surface area contributed by atoms with Gasteiger partial charge < -0.3 is 0 Å². The third-order valence-corrected chi connectivity index (χ3v) is 3.06. The summed E-state index contributed by atoms with van der Waals surface area (Å²) in [6, 6.07) is 12.0. The summed E-state index contributed by atoms with van der Waals surface area (Å²) in [5.74, 6) is -0.330. The summed E-state index contributed by atoms with van der Waals surface area (Å²) in [6.45, 7) is 4.23. The number of Topliss-reactive ketones (excluding diaryl/α,β-unsaturated/α-hetero) is 1. The lowest BCUT2D eigenvalue weighted by Crippen LogP contribution is -2.08. The van der Waals surface area contributed by atoms with Crippen LogP contribution in [0.5, 0.6) is 0 Å². The number of carbonyl (C=O) groups is 1. The van der Waals surface area contributed by atoms with Crippen molar-refractivity contribution in [2.24, 2.45) is 5.92 Å².